The zero-order valence-corrected chi connectivity index (χ0v) is 26.0. The topological polar surface area (TPSA) is 117 Å². The van der Waals surface area contributed by atoms with Gasteiger partial charge in [-0.05, 0) is 85.0 Å². The number of hydrogen-bond acceptors (Lipinski definition) is 6. The summed E-state index contributed by atoms with van der Waals surface area (Å²) in [6, 6.07) is 18.6. The minimum atomic E-state index is -0.141. The third-order valence-electron chi connectivity index (χ3n) is 10.5. The van der Waals surface area contributed by atoms with Crippen molar-refractivity contribution in [1.82, 2.24) is 19.0 Å². The number of benzene rings is 3. The monoisotopic (exact) mass is 616 g/mol. The van der Waals surface area contributed by atoms with Gasteiger partial charge in [-0.2, -0.15) is 0 Å². The Morgan fingerprint density at radius 2 is 1.89 bits per heavy atom. The molecule has 2 saturated carbocycles. The molecule has 4 heterocycles. The number of ether oxygens (including phenoxy) is 2. The van der Waals surface area contributed by atoms with Gasteiger partial charge in [-0.3, -0.25) is 9.59 Å². The van der Waals surface area contributed by atoms with Crippen LogP contribution in [0, 0.1) is 11.8 Å². The van der Waals surface area contributed by atoms with Crippen LogP contribution in [0.2, 0.25) is 0 Å². The van der Waals surface area contributed by atoms with Crippen LogP contribution in [0.15, 0.2) is 54.6 Å². The van der Waals surface area contributed by atoms with Gasteiger partial charge in [-0.25, -0.2) is 4.98 Å². The molecule has 2 aromatic heterocycles. The lowest BCUT2D eigenvalue weighted by molar-refractivity contribution is -0.118. The van der Waals surface area contributed by atoms with Gasteiger partial charge in [-0.1, -0.05) is 18.2 Å². The molecule has 3 unspecified atom stereocenters. The Kier molecular flexibility index (Phi) is 6.02. The van der Waals surface area contributed by atoms with Crippen LogP contribution >= 0.6 is 0 Å². The van der Waals surface area contributed by atoms with Crippen molar-refractivity contribution in [3.8, 4) is 34.1 Å². The lowest BCUT2D eigenvalue weighted by atomic mass is 10.0. The number of likely N-dealkylation sites (tertiary alicyclic amines) is 1. The molecule has 10 heteroatoms. The number of hydrogen-bond donors (Lipinski definition) is 2. The molecule has 2 amide bonds. The molecular weight excluding hydrogens is 580 g/mol. The molecule has 3 atom stereocenters. The van der Waals surface area contributed by atoms with Crippen LogP contribution in [-0.2, 0) is 18.4 Å². The summed E-state index contributed by atoms with van der Waals surface area (Å²) in [7, 11) is 3.66. The Morgan fingerprint density at radius 3 is 2.65 bits per heavy atom. The predicted octanol–water partition coefficient (Wildman–Crippen LogP) is 5.17. The van der Waals surface area contributed by atoms with E-state index >= 15 is 0 Å². The van der Waals surface area contributed by atoms with Crippen molar-refractivity contribution >= 4 is 39.4 Å². The average Bonchev–Trinajstić information content (AvgIpc) is 3.47. The lowest BCUT2D eigenvalue weighted by Crippen LogP contribution is -2.41. The summed E-state index contributed by atoms with van der Waals surface area (Å²) >= 11 is 0. The van der Waals surface area contributed by atoms with E-state index in [0.717, 1.165) is 70.5 Å². The molecule has 2 bridgehead atoms. The molecule has 10 nitrogen and oxygen atoms in total. The Bertz CT molecular complexity index is 2090. The number of carbonyl (C=O) groups is 2. The molecule has 2 aliphatic carbocycles. The third kappa shape index (κ3) is 4.23. The summed E-state index contributed by atoms with van der Waals surface area (Å²) in [5.41, 5.74) is 13.6. The second-order valence-electron chi connectivity index (χ2n) is 13.4. The Balaban J connectivity index is 1.13. The van der Waals surface area contributed by atoms with Crippen LogP contribution in [0.25, 0.3) is 44.6 Å². The number of imidazole rings is 1. The van der Waals surface area contributed by atoms with Gasteiger partial charge in [0, 0.05) is 48.7 Å². The number of nitrogens with zero attached hydrogens (tertiary/aromatic N) is 4. The summed E-state index contributed by atoms with van der Waals surface area (Å²) in [6.45, 7) is 1.65. The number of aromatic nitrogens is 3. The molecular formula is C36H36N6O4. The number of fused-ring (bicyclic) bond motifs is 5. The Morgan fingerprint density at radius 1 is 1.07 bits per heavy atom. The number of nitrogens with one attached hydrogen (secondary N) is 1. The van der Waals surface area contributed by atoms with Gasteiger partial charge in [0.15, 0.2) is 12.4 Å². The molecule has 2 aliphatic heterocycles. The van der Waals surface area contributed by atoms with Crippen molar-refractivity contribution < 1.29 is 19.1 Å². The van der Waals surface area contributed by atoms with E-state index in [-0.39, 0.29) is 30.5 Å². The highest BCUT2D eigenvalue weighted by molar-refractivity contribution is 6.01. The van der Waals surface area contributed by atoms with E-state index in [0.29, 0.717) is 34.6 Å². The van der Waals surface area contributed by atoms with E-state index in [2.05, 4.69) is 38.7 Å². The van der Waals surface area contributed by atoms with Crippen LogP contribution in [0.1, 0.15) is 36.0 Å². The first-order chi connectivity index (χ1) is 22.4. The van der Waals surface area contributed by atoms with Crippen molar-refractivity contribution in [2.24, 2.45) is 24.6 Å². The number of rotatable bonds is 6. The first kappa shape index (κ1) is 27.5. The van der Waals surface area contributed by atoms with Crippen molar-refractivity contribution in [2.45, 2.75) is 44.3 Å². The highest BCUT2D eigenvalue weighted by Gasteiger charge is 2.47. The van der Waals surface area contributed by atoms with E-state index in [1.807, 2.05) is 42.3 Å². The zero-order valence-electron chi connectivity index (χ0n) is 26.0. The second-order valence-corrected chi connectivity index (χ2v) is 13.4. The van der Waals surface area contributed by atoms with Crippen LogP contribution in [-0.4, -0.2) is 63.2 Å². The van der Waals surface area contributed by atoms with E-state index in [9.17, 15) is 9.59 Å². The highest BCUT2D eigenvalue weighted by atomic mass is 16.5. The SMILES string of the molecule is COc1cc(C(=O)N2CC3CCC2C3N)cc2nc(-c3cc4ccc(-c5ccc6c(c5)OCC(=O)N6)cc4n3CC3CC3)n(C)c12. The average molecular weight is 617 g/mol. The molecule has 1 saturated heterocycles. The highest BCUT2D eigenvalue weighted by Crippen LogP contribution is 2.41. The number of amides is 2. The Hall–Kier alpha value is -4.83. The maximum atomic E-state index is 13.7. The molecule has 4 aliphatic rings. The minimum Gasteiger partial charge on any atom is -0.494 e. The molecule has 5 aromatic rings. The van der Waals surface area contributed by atoms with Crippen molar-refractivity contribution in [3.63, 3.8) is 0 Å². The maximum Gasteiger partial charge on any atom is 0.262 e. The summed E-state index contributed by atoms with van der Waals surface area (Å²) < 4.78 is 16.0. The van der Waals surface area contributed by atoms with Crippen LogP contribution < -0.4 is 20.5 Å². The van der Waals surface area contributed by atoms with Gasteiger partial charge in [0.2, 0.25) is 0 Å². The molecule has 234 valence electrons. The molecule has 9 rings (SSSR count). The summed E-state index contributed by atoms with van der Waals surface area (Å²) in [6.07, 6.45) is 4.50. The fourth-order valence-corrected chi connectivity index (χ4v) is 7.90. The van der Waals surface area contributed by atoms with Gasteiger partial charge in [0.1, 0.15) is 17.0 Å². The van der Waals surface area contributed by atoms with Gasteiger partial charge in [0.25, 0.3) is 11.8 Å². The molecule has 0 radical (unpaired) electrons. The van der Waals surface area contributed by atoms with E-state index < -0.39 is 0 Å². The standard InChI is InChI=1S/C36H36N6O4/c1-40-34-26(11-24(15-31(34)45-2)36(44)42-17-23-8-10-27(42)33(23)37)39-35(40)29-13-22-6-5-20(12-28(22)41(29)16-19-3-4-19)21-7-9-25-30(14-21)46-18-32(43)38-25/h5-7,9,11-15,19,23,27,33H,3-4,8,10,16-18,37H2,1-2H3,(H,38,43). The van der Waals surface area contributed by atoms with Gasteiger partial charge >= 0.3 is 0 Å². The quantitative estimate of drug-likeness (QED) is 0.272. The third-order valence-corrected chi connectivity index (χ3v) is 10.5. The zero-order chi connectivity index (χ0) is 31.3. The molecule has 3 N–H and O–H groups in total. The summed E-state index contributed by atoms with van der Waals surface area (Å²) in [4.78, 5) is 32.6. The summed E-state index contributed by atoms with van der Waals surface area (Å²) in [5.74, 6) is 3.02. The normalized spacial score (nSPS) is 21.9. The van der Waals surface area contributed by atoms with Crippen LogP contribution in [0.3, 0.4) is 0 Å². The second kappa shape index (κ2) is 10.1. The van der Waals surface area contributed by atoms with Gasteiger partial charge in [0.05, 0.1) is 24.0 Å². The molecule has 0 spiro atoms. The van der Waals surface area contributed by atoms with E-state index in [1.54, 1.807) is 7.11 Å². The van der Waals surface area contributed by atoms with E-state index in [4.69, 9.17) is 20.2 Å². The van der Waals surface area contributed by atoms with Crippen molar-refractivity contribution in [3.05, 3.63) is 60.2 Å². The fourth-order valence-electron chi connectivity index (χ4n) is 7.90. The number of aryl methyl sites for hydroxylation is 1. The first-order valence-corrected chi connectivity index (χ1v) is 16.2. The molecule has 3 aromatic carbocycles. The van der Waals surface area contributed by atoms with Gasteiger partial charge in [-0.15, -0.1) is 0 Å². The van der Waals surface area contributed by atoms with Crippen molar-refractivity contribution in [1.29, 1.82) is 0 Å². The first-order valence-electron chi connectivity index (χ1n) is 16.2. The predicted molar refractivity (Wildman–Crippen MR) is 176 cm³/mol. The Labute approximate surface area is 266 Å². The smallest absolute Gasteiger partial charge is 0.262 e. The molecule has 46 heavy (non-hydrogen) atoms. The molecule has 3 fully saturated rings. The van der Waals surface area contributed by atoms with Crippen LogP contribution in [0.5, 0.6) is 11.5 Å². The largest absolute Gasteiger partial charge is 0.494 e. The number of methoxy groups -OCH3 is 1. The van der Waals surface area contributed by atoms with Crippen LogP contribution in [0.4, 0.5) is 5.69 Å². The lowest BCUT2D eigenvalue weighted by Gasteiger charge is -2.27. The van der Waals surface area contributed by atoms with E-state index in [1.165, 1.54) is 12.8 Å². The minimum absolute atomic E-state index is 0.000359. The number of carbonyl (C=O) groups excluding carboxylic acids is 2. The number of anilines is 1. The fraction of sp³-hybridized carbons (Fsp3) is 0.361. The van der Waals surface area contributed by atoms with Gasteiger partial charge < -0.3 is 34.6 Å². The maximum absolute atomic E-state index is 13.7. The summed E-state index contributed by atoms with van der Waals surface area (Å²) in [5, 5.41) is 4.01. The van der Waals surface area contributed by atoms with Crippen molar-refractivity contribution in [2.75, 3.05) is 25.6 Å². The number of piperidine rings is 1. The number of nitrogens with two attached hydrogens (primary N) is 1.